The second-order valence-corrected chi connectivity index (χ2v) is 10.5. The Labute approximate surface area is 156 Å². The third-order valence-corrected chi connectivity index (χ3v) is 9.53. The fourth-order valence-corrected chi connectivity index (χ4v) is 8.30. The molecule has 4 fully saturated rings. The Bertz CT molecular complexity index is 488. The molecule has 4 rings (SSSR count). The molecule has 0 saturated heterocycles. The number of alkyl halides is 1. The molecule has 0 radical (unpaired) electrons. The molecule has 0 bridgehead atoms. The van der Waals surface area contributed by atoms with Crippen molar-refractivity contribution in [2.75, 3.05) is 5.33 Å². The van der Waals surface area contributed by atoms with Crippen molar-refractivity contribution in [3.8, 4) is 0 Å². The Balaban J connectivity index is 1.57. The lowest BCUT2D eigenvalue weighted by Crippen LogP contribution is -2.54. The molecule has 0 amide bonds. The zero-order chi connectivity index (χ0) is 16.9. The first kappa shape index (κ1) is 17.6. The summed E-state index contributed by atoms with van der Waals surface area (Å²) in [5, 5.41) is 0.566. The van der Waals surface area contributed by atoms with Gasteiger partial charge in [-0.3, -0.25) is 4.79 Å². The van der Waals surface area contributed by atoms with Gasteiger partial charge in [0.1, 0.15) is 5.78 Å². The van der Waals surface area contributed by atoms with Crippen molar-refractivity contribution in [1.82, 2.24) is 0 Å². The van der Waals surface area contributed by atoms with Crippen LogP contribution in [0.2, 0.25) is 0 Å². The topological polar surface area (TPSA) is 17.1 Å². The van der Waals surface area contributed by atoms with E-state index in [9.17, 15) is 4.79 Å². The van der Waals surface area contributed by atoms with Crippen molar-refractivity contribution in [2.24, 2.45) is 46.8 Å². The van der Waals surface area contributed by atoms with Gasteiger partial charge < -0.3 is 0 Å². The van der Waals surface area contributed by atoms with Crippen molar-refractivity contribution in [3.05, 3.63) is 0 Å². The normalized spacial score (nSPS) is 51.2. The molecule has 0 aromatic rings. The number of halogens is 1. The van der Waals surface area contributed by atoms with Gasteiger partial charge in [0.15, 0.2) is 0 Å². The van der Waals surface area contributed by atoms with Crippen LogP contribution in [0.1, 0.15) is 78.1 Å². The van der Waals surface area contributed by atoms with E-state index < -0.39 is 0 Å². The van der Waals surface area contributed by atoms with Gasteiger partial charge in [0.05, 0.1) is 5.33 Å². The van der Waals surface area contributed by atoms with Crippen molar-refractivity contribution in [3.63, 3.8) is 0 Å². The molecule has 0 spiro atoms. The van der Waals surface area contributed by atoms with Gasteiger partial charge in [0, 0.05) is 5.92 Å². The Kier molecular flexibility index (Phi) is 4.91. The van der Waals surface area contributed by atoms with Gasteiger partial charge in [0.2, 0.25) is 0 Å². The largest absolute Gasteiger partial charge is 0.298 e. The number of carbonyl (C=O) groups is 1. The van der Waals surface area contributed by atoms with Crippen molar-refractivity contribution >= 4 is 21.7 Å². The molecule has 0 unspecified atom stereocenters. The highest BCUT2D eigenvalue weighted by molar-refractivity contribution is 9.09. The molecule has 0 aliphatic heterocycles. The number of carbonyl (C=O) groups excluding carboxylic acids is 1. The van der Waals surface area contributed by atoms with Crippen LogP contribution in [0, 0.1) is 46.8 Å². The highest BCUT2D eigenvalue weighted by atomic mass is 79.9. The maximum absolute atomic E-state index is 12.6. The molecular formula is C22H35BrO. The summed E-state index contributed by atoms with van der Waals surface area (Å²) >= 11 is 3.46. The minimum atomic E-state index is 0.305. The second kappa shape index (κ2) is 6.71. The van der Waals surface area contributed by atoms with Crippen LogP contribution >= 0.6 is 15.9 Å². The lowest BCUT2D eigenvalue weighted by atomic mass is 9.44. The fourth-order valence-electron chi connectivity index (χ4n) is 7.91. The average molecular weight is 395 g/mol. The Morgan fingerprint density at radius 2 is 1.79 bits per heavy atom. The SMILES string of the molecule is C[C@H]1CC[C@H]2[C@H](CC[C@@H]3[C@@H]2CC[C@]2(C)[C@@H](C(=O)CBr)CCC[C@@H]32)C1. The highest BCUT2D eigenvalue weighted by Gasteiger charge is 2.56. The van der Waals surface area contributed by atoms with Crippen molar-refractivity contribution < 1.29 is 4.79 Å². The lowest BCUT2D eigenvalue weighted by molar-refractivity contribution is -0.141. The zero-order valence-electron chi connectivity index (χ0n) is 15.6. The Hall–Kier alpha value is 0.150. The zero-order valence-corrected chi connectivity index (χ0v) is 17.2. The van der Waals surface area contributed by atoms with Gasteiger partial charge in [-0.1, -0.05) is 42.6 Å². The van der Waals surface area contributed by atoms with E-state index in [-0.39, 0.29) is 0 Å². The number of hydrogen-bond donors (Lipinski definition) is 0. The number of rotatable bonds is 2. The average Bonchev–Trinajstić information content (AvgIpc) is 2.59. The minimum absolute atomic E-state index is 0.305. The first-order valence-electron chi connectivity index (χ1n) is 10.6. The summed E-state index contributed by atoms with van der Waals surface area (Å²) in [6.07, 6.45) is 14.0. The highest BCUT2D eigenvalue weighted by Crippen LogP contribution is 2.63. The molecule has 4 aliphatic carbocycles. The van der Waals surface area contributed by atoms with Crippen LogP contribution in [-0.2, 0) is 4.79 Å². The molecule has 0 N–H and O–H groups in total. The van der Waals surface area contributed by atoms with Gasteiger partial charge in [-0.25, -0.2) is 0 Å². The third kappa shape index (κ3) is 2.74. The monoisotopic (exact) mass is 394 g/mol. The van der Waals surface area contributed by atoms with E-state index in [1.807, 2.05) is 0 Å². The third-order valence-electron chi connectivity index (χ3n) is 8.98. The molecule has 0 heterocycles. The minimum Gasteiger partial charge on any atom is -0.298 e. The molecule has 8 atom stereocenters. The summed E-state index contributed by atoms with van der Waals surface area (Å²) in [6, 6.07) is 0. The Morgan fingerprint density at radius 3 is 2.58 bits per heavy atom. The number of hydrogen-bond acceptors (Lipinski definition) is 1. The smallest absolute Gasteiger partial charge is 0.147 e. The van der Waals surface area contributed by atoms with E-state index in [2.05, 4.69) is 29.8 Å². The maximum atomic E-state index is 12.6. The summed E-state index contributed by atoms with van der Waals surface area (Å²) in [5.74, 6) is 6.60. The molecule has 4 saturated carbocycles. The van der Waals surface area contributed by atoms with Gasteiger partial charge in [0.25, 0.3) is 0 Å². The van der Waals surface area contributed by atoms with E-state index in [0.717, 1.165) is 41.9 Å². The first-order chi connectivity index (χ1) is 11.5. The standard InChI is InChI=1S/C22H35BrO/c1-14-6-8-16-15(12-14)7-9-18-17(16)10-11-22(2)19(18)4-3-5-20(22)21(24)13-23/h14-20H,3-13H2,1-2H3/t14-,15+,16-,17+,18+,19-,20+,22-/m0/s1. The van der Waals surface area contributed by atoms with Crippen LogP contribution in [0.5, 0.6) is 0 Å². The number of Topliss-reactive ketones (excluding diaryl/α,β-unsaturated/α-hetero) is 1. The van der Waals surface area contributed by atoms with Crippen LogP contribution in [0.3, 0.4) is 0 Å². The molecule has 2 heteroatoms. The van der Waals surface area contributed by atoms with Gasteiger partial charge >= 0.3 is 0 Å². The summed E-state index contributed by atoms with van der Waals surface area (Å²) < 4.78 is 0. The van der Waals surface area contributed by atoms with Crippen molar-refractivity contribution in [2.45, 2.75) is 78.1 Å². The van der Waals surface area contributed by atoms with Crippen LogP contribution in [0.25, 0.3) is 0 Å². The summed E-state index contributed by atoms with van der Waals surface area (Å²) in [7, 11) is 0. The predicted molar refractivity (Wildman–Crippen MR) is 103 cm³/mol. The van der Waals surface area contributed by atoms with Crippen LogP contribution in [0.4, 0.5) is 0 Å². The lowest BCUT2D eigenvalue weighted by Gasteiger charge is -2.60. The number of fused-ring (bicyclic) bond motifs is 5. The van der Waals surface area contributed by atoms with Crippen LogP contribution in [-0.4, -0.2) is 11.1 Å². The Morgan fingerprint density at radius 1 is 1.00 bits per heavy atom. The molecular weight excluding hydrogens is 360 g/mol. The quantitative estimate of drug-likeness (QED) is 0.506. The van der Waals surface area contributed by atoms with Crippen LogP contribution in [0.15, 0.2) is 0 Å². The molecule has 1 nitrogen and oxygen atoms in total. The van der Waals surface area contributed by atoms with E-state index in [1.165, 1.54) is 57.8 Å². The van der Waals surface area contributed by atoms with Crippen molar-refractivity contribution in [1.29, 1.82) is 0 Å². The number of ketones is 1. The van der Waals surface area contributed by atoms with E-state index in [1.54, 1.807) is 0 Å². The van der Waals surface area contributed by atoms with E-state index in [0.29, 0.717) is 22.4 Å². The molecule has 0 aromatic heterocycles. The van der Waals surface area contributed by atoms with Gasteiger partial charge in [-0.2, -0.15) is 0 Å². The van der Waals surface area contributed by atoms with Gasteiger partial charge in [-0.15, -0.1) is 0 Å². The van der Waals surface area contributed by atoms with E-state index in [4.69, 9.17) is 0 Å². The first-order valence-corrected chi connectivity index (χ1v) is 11.8. The second-order valence-electron chi connectivity index (χ2n) is 9.98. The predicted octanol–water partition coefficient (Wildman–Crippen LogP) is 6.25. The maximum Gasteiger partial charge on any atom is 0.147 e. The van der Waals surface area contributed by atoms with Crippen LogP contribution < -0.4 is 0 Å². The van der Waals surface area contributed by atoms with Gasteiger partial charge in [-0.05, 0) is 92.3 Å². The molecule has 4 aliphatic rings. The fraction of sp³-hybridized carbons (Fsp3) is 0.955. The molecule has 136 valence electrons. The van der Waals surface area contributed by atoms with E-state index >= 15 is 0 Å². The summed E-state index contributed by atoms with van der Waals surface area (Å²) in [4.78, 5) is 12.6. The molecule has 24 heavy (non-hydrogen) atoms. The molecule has 0 aromatic carbocycles. The summed E-state index contributed by atoms with van der Waals surface area (Å²) in [6.45, 7) is 4.96. The summed E-state index contributed by atoms with van der Waals surface area (Å²) in [5.41, 5.74) is 0.305.